The minimum absolute atomic E-state index is 0.161. The van der Waals surface area contributed by atoms with Gasteiger partial charge in [0, 0.05) is 19.6 Å². The molecule has 0 saturated carbocycles. The Hall–Kier alpha value is -0.570. The molecule has 1 aliphatic heterocycles. The first kappa shape index (κ1) is 13.5. The van der Waals surface area contributed by atoms with Gasteiger partial charge in [0.1, 0.15) is 0 Å². The molecule has 0 aromatic rings. The van der Waals surface area contributed by atoms with E-state index in [0.29, 0.717) is 11.8 Å². The highest BCUT2D eigenvalue weighted by Gasteiger charge is 2.34. The summed E-state index contributed by atoms with van der Waals surface area (Å²) in [7, 11) is 0. The minimum atomic E-state index is -0.633. The third kappa shape index (κ3) is 3.78. The van der Waals surface area contributed by atoms with Crippen LogP contribution in [0.3, 0.4) is 0 Å². The molecule has 0 aromatic heterocycles. The van der Waals surface area contributed by atoms with Crippen molar-refractivity contribution in [1.29, 1.82) is 0 Å². The SMILES string of the molecule is CC(C)CC(C)CN1C[C@@H](C)[C@H](C(=O)O)C1. The summed E-state index contributed by atoms with van der Waals surface area (Å²) >= 11 is 0. The second-order valence-corrected chi connectivity index (χ2v) is 5.88. The summed E-state index contributed by atoms with van der Waals surface area (Å²) < 4.78 is 0. The maximum Gasteiger partial charge on any atom is 0.308 e. The summed E-state index contributed by atoms with van der Waals surface area (Å²) in [6.07, 6.45) is 1.22. The predicted octanol–water partition coefficient (Wildman–Crippen LogP) is 2.32. The van der Waals surface area contributed by atoms with Gasteiger partial charge in [-0.1, -0.05) is 27.7 Å². The van der Waals surface area contributed by atoms with Gasteiger partial charge in [-0.3, -0.25) is 4.79 Å². The highest BCUT2D eigenvalue weighted by atomic mass is 16.4. The van der Waals surface area contributed by atoms with E-state index in [-0.39, 0.29) is 5.92 Å². The van der Waals surface area contributed by atoms with Crippen LogP contribution in [0, 0.1) is 23.7 Å². The molecule has 1 unspecified atom stereocenters. The van der Waals surface area contributed by atoms with Crippen molar-refractivity contribution in [3.8, 4) is 0 Å². The Bertz CT molecular complexity index is 240. The van der Waals surface area contributed by atoms with E-state index in [9.17, 15) is 4.79 Å². The highest BCUT2D eigenvalue weighted by molar-refractivity contribution is 5.71. The van der Waals surface area contributed by atoms with Crippen LogP contribution in [0.5, 0.6) is 0 Å². The standard InChI is InChI=1S/C13H25NO2/c1-9(2)5-10(3)6-14-7-11(4)12(8-14)13(15)16/h9-12H,5-8H2,1-4H3,(H,15,16)/t10?,11-,12-/m1/s1. The van der Waals surface area contributed by atoms with E-state index in [1.165, 1.54) is 6.42 Å². The van der Waals surface area contributed by atoms with E-state index >= 15 is 0 Å². The molecule has 1 N–H and O–H groups in total. The molecule has 94 valence electrons. The first-order valence-electron chi connectivity index (χ1n) is 6.35. The number of carboxylic acid groups (broad SMARTS) is 1. The lowest BCUT2D eigenvalue weighted by Crippen LogP contribution is -2.28. The highest BCUT2D eigenvalue weighted by Crippen LogP contribution is 2.24. The summed E-state index contributed by atoms with van der Waals surface area (Å²) in [4.78, 5) is 13.3. The number of hydrogen-bond donors (Lipinski definition) is 1. The lowest BCUT2D eigenvalue weighted by atomic mass is 9.98. The molecule has 1 aliphatic rings. The molecule has 0 aromatic carbocycles. The van der Waals surface area contributed by atoms with Crippen LogP contribution in [-0.2, 0) is 4.79 Å². The number of hydrogen-bond acceptors (Lipinski definition) is 2. The van der Waals surface area contributed by atoms with Crippen molar-refractivity contribution in [3.05, 3.63) is 0 Å². The normalized spacial score (nSPS) is 28.6. The molecule has 1 rings (SSSR count). The Kier molecular flexibility index (Phi) is 4.78. The summed E-state index contributed by atoms with van der Waals surface area (Å²) in [5.41, 5.74) is 0. The molecule has 1 fully saturated rings. The maximum absolute atomic E-state index is 11.0. The van der Waals surface area contributed by atoms with Gasteiger partial charge in [0.05, 0.1) is 5.92 Å². The van der Waals surface area contributed by atoms with E-state index < -0.39 is 5.97 Å². The molecule has 3 atom stereocenters. The van der Waals surface area contributed by atoms with Crippen molar-refractivity contribution < 1.29 is 9.90 Å². The van der Waals surface area contributed by atoms with E-state index in [0.717, 1.165) is 25.6 Å². The number of carboxylic acids is 1. The lowest BCUT2D eigenvalue weighted by molar-refractivity contribution is -0.142. The van der Waals surface area contributed by atoms with Gasteiger partial charge in [0.15, 0.2) is 0 Å². The zero-order chi connectivity index (χ0) is 12.3. The third-order valence-corrected chi connectivity index (χ3v) is 3.45. The van der Waals surface area contributed by atoms with Crippen LogP contribution in [0.2, 0.25) is 0 Å². The average Bonchev–Trinajstić information content (AvgIpc) is 2.44. The van der Waals surface area contributed by atoms with Gasteiger partial charge < -0.3 is 10.0 Å². The van der Waals surface area contributed by atoms with Crippen LogP contribution in [0.1, 0.15) is 34.1 Å². The van der Waals surface area contributed by atoms with Crippen molar-refractivity contribution in [2.75, 3.05) is 19.6 Å². The molecular formula is C13H25NO2. The quantitative estimate of drug-likeness (QED) is 0.783. The molecule has 0 aliphatic carbocycles. The summed E-state index contributed by atoms with van der Waals surface area (Å²) in [6, 6.07) is 0. The van der Waals surface area contributed by atoms with Gasteiger partial charge in [0.25, 0.3) is 0 Å². The molecular weight excluding hydrogens is 202 g/mol. The van der Waals surface area contributed by atoms with Crippen LogP contribution < -0.4 is 0 Å². The predicted molar refractivity (Wildman–Crippen MR) is 65.3 cm³/mol. The second kappa shape index (κ2) is 5.67. The van der Waals surface area contributed by atoms with Crippen molar-refractivity contribution >= 4 is 5.97 Å². The van der Waals surface area contributed by atoms with Gasteiger partial charge >= 0.3 is 5.97 Å². The molecule has 3 nitrogen and oxygen atoms in total. The molecule has 3 heteroatoms. The monoisotopic (exact) mass is 227 g/mol. The summed E-state index contributed by atoms with van der Waals surface area (Å²) in [5, 5.41) is 9.05. The molecule has 16 heavy (non-hydrogen) atoms. The van der Waals surface area contributed by atoms with E-state index in [2.05, 4.69) is 25.7 Å². The number of nitrogens with zero attached hydrogens (tertiary/aromatic N) is 1. The number of likely N-dealkylation sites (tertiary alicyclic amines) is 1. The van der Waals surface area contributed by atoms with Crippen LogP contribution in [0.15, 0.2) is 0 Å². The lowest BCUT2D eigenvalue weighted by Gasteiger charge is -2.21. The van der Waals surface area contributed by atoms with Crippen LogP contribution in [0.4, 0.5) is 0 Å². The van der Waals surface area contributed by atoms with Crippen molar-refractivity contribution in [2.45, 2.75) is 34.1 Å². The molecule has 0 spiro atoms. The van der Waals surface area contributed by atoms with Crippen molar-refractivity contribution in [3.63, 3.8) is 0 Å². The van der Waals surface area contributed by atoms with E-state index in [4.69, 9.17) is 5.11 Å². The van der Waals surface area contributed by atoms with Crippen molar-refractivity contribution in [2.24, 2.45) is 23.7 Å². The first-order chi connectivity index (χ1) is 7.40. The van der Waals surface area contributed by atoms with Gasteiger partial charge in [-0.05, 0) is 24.2 Å². The fourth-order valence-corrected chi connectivity index (χ4v) is 2.86. The van der Waals surface area contributed by atoms with E-state index in [1.54, 1.807) is 0 Å². The van der Waals surface area contributed by atoms with Gasteiger partial charge in [-0.2, -0.15) is 0 Å². The Morgan fingerprint density at radius 2 is 2.00 bits per heavy atom. The molecule has 0 radical (unpaired) electrons. The first-order valence-corrected chi connectivity index (χ1v) is 6.35. The summed E-state index contributed by atoms with van der Waals surface area (Å²) in [6.45, 7) is 11.5. The zero-order valence-electron chi connectivity index (χ0n) is 10.9. The van der Waals surface area contributed by atoms with Gasteiger partial charge in [-0.25, -0.2) is 0 Å². The summed E-state index contributed by atoms with van der Waals surface area (Å²) in [5.74, 6) is 0.895. The largest absolute Gasteiger partial charge is 0.481 e. The Labute approximate surface area is 98.8 Å². The van der Waals surface area contributed by atoms with Gasteiger partial charge in [-0.15, -0.1) is 0 Å². The molecule has 0 amide bonds. The van der Waals surface area contributed by atoms with E-state index in [1.807, 2.05) is 6.92 Å². The van der Waals surface area contributed by atoms with Crippen LogP contribution in [0.25, 0.3) is 0 Å². The number of aliphatic carboxylic acids is 1. The average molecular weight is 227 g/mol. The molecule has 0 bridgehead atoms. The Balaban J connectivity index is 2.38. The fraction of sp³-hybridized carbons (Fsp3) is 0.923. The molecule has 1 saturated heterocycles. The Morgan fingerprint density at radius 1 is 1.38 bits per heavy atom. The van der Waals surface area contributed by atoms with Crippen molar-refractivity contribution in [1.82, 2.24) is 4.90 Å². The Morgan fingerprint density at radius 3 is 2.44 bits per heavy atom. The second-order valence-electron chi connectivity index (χ2n) is 5.88. The fourth-order valence-electron chi connectivity index (χ4n) is 2.86. The third-order valence-electron chi connectivity index (χ3n) is 3.45. The van der Waals surface area contributed by atoms with Crippen LogP contribution in [-0.4, -0.2) is 35.6 Å². The number of rotatable bonds is 5. The minimum Gasteiger partial charge on any atom is -0.481 e. The van der Waals surface area contributed by atoms with Gasteiger partial charge in [0.2, 0.25) is 0 Å². The zero-order valence-corrected chi connectivity index (χ0v) is 10.9. The number of carbonyl (C=O) groups is 1. The topological polar surface area (TPSA) is 40.5 Å². The van der Waals surface area contributed by atoms with Crippen LogP contribution >= 0.6 is 0 Å². The smallest absolute Gasteiger partial charge is 0.308 e. The maximum atomic E-state index is 11.0. The molecule has 1 heterocycles.